The Hall–Kier alpha value is -4.53. The summed E-state index contributed by atoms with van der Waals surface area (Å²) >= 11 is 0. The Kier molecular flexibility index (Phi) is 7.44. The lowest BCUT2D eigenvalue weighted by molar-refractivity contribution is 0.411. The van der Waals surface area contributed by atoms with E-state index in [0.29, 0.717) is 18.1 Å². The van der Waals surface area contributed by atoms with Crippen LogP contribution >= 0.6 is 0 Å². The van der Waals surface area contributed by atoms with Gasteiger partial charge in [-0.2, -0.15) is 0 Å². The summed E-state index contributed by atoms with van der Waals surface area (Å²) in [7, 11) is 1.65. The van der Waals surface area contributed by atoms with E-state index < -0.39 is 0 Å². The first-order valence-electron chi connectivity index (χ1n) is 12.9. The van der Waals surface area contributed by atoms with Crippen molar-refractivity contribution in [3.8, 4) is 34.1 Å². The van der Waals surface area contributed by atoms with Gasteiger partial charge in [-0.15, -0.1) is 5.10 Å². The molecule has 3 heterocycles. The van der Waals surface area contributed by atoms with E-state index in [2.05, 4.69) is 40.5 Å². The van der Waals surface area contributed by atoms with Crippen molar-refractivity contribution < 1.29 is 4.74 Å². The van der Waals surface area contributed by atoms with Crippen molar-refractivity contribution in [3.05, 3.63) is 94.3 Å². The second kappa shape index (κ2) is 11.2. The van der Waals surface area contributed by atoms with Crippen molar-refractivity contribution in [3.63, 3.8) is 0 Å². The summed E-state index contributed by atoms with van der Waals surface area (Å²) in [6.45, 7) is 4.69. The highest BCUT2D eigenvalue weighted by atomic mass is 16.5. The normalized spacial score (nSPS) is 11.1. The highest BCUT2D eigenvalue weighted by Crippen LogP contribution is 2.29. The fourth-order valence-corrected chi connectivity index (χ4v) is 4.83. The number of aryl methyl sites for hydroxylation is 2. The Balaban J connectivity index is 1.51. The second-order valence-electron chi connectivity index (χ2n) is 9.17. The molecule has 0 spiro atoms. The van der Waals surface area contributed by atoms with Crippen LogP contribution < -0.4 is 10.4 Å². The number of nitrogens with one attached hydrogen (secondary N) is 1. The highest BCUT2D eigenvalue weighted by Gasteiger charge is 2.19. The maximum Gasteiger partial charge on any atom is 0.333 e. The van der Waals surface area contributed by atoms with Gasteiger partial charge < -0.3 is 4.74 Å². The Morgan fingerprint density at radius 2 is 1.76 bits per heavy atom. The number of hydrogen-bond acceptors (Lipinski definition) is 6. The molecule has 194 valence electrons. The molecule has 0 fully saturated rings. The molecule has 0 aliphatic carbocycles. The molecule has 0 unspecified atom stereocenters. The number of H-pyrrole nitrogens is 1. The van der Waals surface area contributed by atoms with Crippen LogP contribution in [0.2, 0.25) is 0 Å². The molecule has 38 heavy (non-hydrogen) atoms. The van der Waals surface area contributed by atoms with Gasteiger partial charge in [-0.1, -0.05) is 69.2 Å². The number of benzene rings is 2. The highest BCUT2D eigenvalue weighted by molar-refractivity contribution is 5.78. The van der Waals surface area contributed by atoms with Crippen LogP contribution in [0.5, 0.6) is 5.75 Å². The number of ether oxygens (including phenoxy) is 1. The Morgan fingerprint density at radius 3 is 2.45 bits per heavy atom. The molecule has 0 amide bonds. The lowest BCUT2D eigenvalue weighted by atomic mass is 10.0. The van der Waals surface area contributed by atoms with Crippen molar-refractivity contribution in [1.82, 2.24) is 34.7 Å². The van der Waals surface area contributed by atoms with E-state index in [1.807, 2.05) is 65.5 Å². The average Bonchev–Trinajstić information content (AvgIpc) is 3.59. The Labute approximate surface area is 221 Å². The number of methoxy groups -OCH3 is 1. The number of aromatic nitrogens is 7. The molecule has 0 radical (unpaired) electrons. The molecule has 0 aliphatic rings. The molecular formula is C29H31N7O2. The summed E-state index contributed by atoms with van der Waals surface area (Å²) in [5, 5.41) is 14.3. The summed E-state index contributed by atoms with van der Waals surface area (Å²) < 4.78 is 9.26. The number of aromatic amines is 1. The van der Waals surface area contributed by atoms with E-state index in [0.717, 1.165) is 65.0 Å². The van der Waals surface area contributed by atoms with Crippen LogP contribution in [0.1, 0.15) is 43.5 Å². The van der Waals surface area contributed by atoms with Crippen molar-refractivity contribution in [2.24, 2.45) is 0 Å². The Bertz CT molecular complexity index is 1570. The van der Waals surface area contributed by atoms with E-state index >= 15 is 0 Å². The van der Waals surface area contributed by atoms with Gasteiger partial charge in [0.05, 0.1) is 25.0 Å². The second-order valence-corrected chi connectivity index (χ2v) is 9.17. The zero-order chi connectivity index (χ0) is 26.5. The number of para-hydroxylation sites is 1. The van der Waals surface area contributed by atoms with E-state index in [-0.39, 0.29) is 5.69 Å². The predicted molar refractivity (Wildman–Crippen MR) is 147 cm³/mol. The smallest absolute Gasteiger partial charge is 0.333 e. The summed E-state index contributed by atoms with van der Waals surface area (Å²) in [6.07, 6.45) is 7.37. The van der Waals surface area contributed by atoms with Gasteiger partial charge in [0.1, 0.15) is 5.75 Å². The monoisotopic (exact) mass is 509 g/mol. The van der Waals surface area contributed by atoms with Crippen molar-refractivity contribution in [1.29, 1.82) is 0 Å². The molecule has 2 aromatic carbocycles. The van der Waals surface area contributed by atoms with Crippen LogP contribution in [0.3, 0.4) is 0 Å². The fourth-order valence-electron chi connectivity index (χ4n) is 4.83. The minimum Gasteiger partial charge on any atom is -0.495 e. The minimum absolute atomic E-state index is 0.0810. The van der Waals surface area contributed by atoms with Crippen molar-refractivity contribution in [2.45, 2.75) is 46.1 Å². The number of pyridine rings is 1. The van der Waals surface area contributed by atoms with E-state index in [4.69, 9.17) is 9.72 Å². The summed E-state index contributed by atoms with van der Waals surface area (Å²) in [5.41, 5.74) is 6.37. The van der Waals surface area contributed by atoms with Crippen molar-refractivity contribution >= 4 is 0 Å². The van der Waals surface area contributed by atoms with Crippen LogP contribution in [0.4, 0.5) is 0 Å². The molecule has 0 saturated heterocycles. The van der Waals surface area contributed by atoms with Gasteiger partial charge in [0.15, 0.2) is 5.82 Å². The molecule has 1 N–H and O–H groups in total. The van der Waals surface area contributed by atoms with Gasteiger partial charge in [0, 0.05) is 29.2 Å². The van der Waals surface area contributed by atoms with Gasteiger partial charge in [0.25, 0.3) is 0 Å². The molecule has 9 nitrogen and oxygen atoms in total. The number of rotatable bonds is 10. The number of tetrazole rings is 1. The molecule has 0 saturated carbocycles. The average molecular weight is 510 g/mol. The van der Waals surface area contributed by atoms with Crippen LogP contribution in [0.15, 0.2) is 71.8 Å². The van der Waals surface area contributed by atoms with Crippen LogP contribution in [-0.4, -0.2) is 41.9 Å². The topological polar surface area (TPSA) is 104 Å². The summed E-state index contributed by atoms with van der Waals surface area (Å²) in [6, 6.07) is 17.8. The first kappa shape index (κ1) is 25.1. The number of hydrogen-bond donors (Lipinski definition) is 1. The van der Waals surface area contributed by atoms with Crippen LogP contribution in [0, 0.1) is 0 Å². The molecule has 5 rings (SSSR count). The molecule has 0 atom stereocenters. The zero-order valence-corrected chi connectivity index (χ0v) is 21.9. The lowest BCUT2D eigenvalue weighted by Gasteiger charge is -2.13. The quantitative estimate of drug-likeness (QED) is 0.289. The lowest BCUT2D eigenvalue weighted by Crippen LogP contribution is -2.25. The van der Waals surface area contributed by atoms with Gasteiger partial charge in [-0.3, -0.25) is 14.1 Å². The SMILES string of the molecule is CCCc1cccc(OC)c1-n1cc(CCC)n(Cc2ccc(-c3ccccc3-c3nnn[nH]3)nc2)c1=O. The molecule has 5 aromatic rings. The van der Waals surface area contributed by atoms with Crippen LogP contribution in [0.25, 0.3) is 28.3 Å². The van der Waals surface area contributed by atoms with Gasteiger partial charge >= 0.3 is 5.69 Å². The minimum atomic E-state index is -0.0810. The third-order valence-corrected chi connectivity index (χ3v) is 6.60. The Morgan fingerprint density at radius 1 is 0.947 bits per heavy atom. The van der Waals surface area contributed by atoms with Gasteiger partial charge in [-0.05, 0) is 46.5 Å². The third-order valence-electron chi connectivity index (χ3n) is 6.60. The molecule has 9 heteroatoms. The van der Waals surface area contributed by atoms with E-state index in [1.54, 1.807) is 11.7 Å². The molecule has 3 aromatic heterocycles. The van der Waals surface area contributed by atoms with E-state index in [9.17, 15) is 4.79 Å². The number of nitrogens with zero attached hydrogens (tertiary/aromatic N) is 6. The first-order chi connectivity index (χ1) is 18.6. The first-order valence-corrected chi connectivity index (χ1v) is 12.9. The predicted octanol–water partition coefficient (Wildman–Crippen LogP) is 4.84. The van der Waals surface area contributed by atoms with E-state index in [1.165, 1.54) is 0 Å². The van der Waals surface area contributed by atoms with Gasteiger partial charge in [0.2, 0.25) is 0 Å². The van der Waals surface area contributed by atoms with Crippen LogP contribution in [-0.2, 0) is 19.4 Å². The third kappa shape index (κ3) is 4.87. The largest absolute Gasteiger partial charge is 0.495 e. The van der Waals surface area contributed by atoms with Gasteiger partial charge in [-0.25, -0.2) is 9.89 Å². The summed E-state index contributed by atoms with van der Waals surface area (Å²) in [4.78, 5) is 18.5. The standard InChI is InChI=1S/C29H31N7O2/c1-4-9-21-11-8-14-26(38-3)27(21)36-19-22(10-5-2)35(29(36)37)18-20-15-16-25(30-17-20)23-12-6-7-13-24(23)28-31-33-34-32-28/h6-8,11-17,19H,4-5,9-10,18H2,1-3H3,(H,31,32,33,34). The molecule has 0 aliphatic heterocycles. The summed E-state index contributed by atoms with van der Waals surface area (Å²) in [5.74, 6) is 1.28. The van der Waals surface area contributed by atoms with Crippen molar-refractivity contribution in [2.75, 3.05) is 7.11 Å². The maximum atomic E-state index is 13.8. The fraction of sp³-hybridized carbons (Fsp3) is 0.276. The molecular weight excluding hydrogens is 478 g/mol. The zero-order valence-electron chi connectivity index (χ0n) is 21.9. The maximum absolute atomic E-state index is 13.8. The molecule has 0 bridgehead atoms. The number of imidazole rings is 1.